The van der Waals surface area contributed by atoms with E-state index in [1.807, 2.05) is 60.6 Å². The van der Waals surface area contributed by atoms with Crippen molar-refractivity contribution in [3.05, 3.63) is 66.6 Å². The average molecular weight is 403 g/mol. The van der Waals surface area contributed by atoms with E-state index in [0.717, 1.165) is 16.9 Å². The molecule has 8 heteroatoms. The summed E-state index contributed by atoms with van der Waals surface area (Å²) < 4.78 is 16.3. The van der Waals surface area contributed by atoms with Crippen LogP contribution in [-0.4, -0.2) is 41.4 Å². The summed E-state index contributed by atoms with van der Waals surface area (Å²) in [6.45, 7) is 0.709. The van der Waals surface area contributed by atoms with Gasteiger partial charge in [0.25, 0.3) is 5.89 Å². The van der Waals surface area contributed by atoms with Gasteiger partial charge in [0.05, 0.1) is 25.3 Å². The lowest BCUT2D eigenvalue weighted by atomic mass is 10.1. The Kier molecular flexibility index (Phi) is 5.56. The molecule has 3 aromatic heterocycles. The van der Waals surface area contributed by atoms with Crippen LogP contribution in [0.5, 0.6) is 11.5 Å². The topological polar surface area (TPSA) is 86.4 Å². The molecule has 0 amide bonds. The number of rotatable bonds is 7. The van der Waals surface area contributed by atoms with Gasteiger partial charge in [-0.2, -0.15) is 4.98 Å². The van der Waals surface area contributed by atoms with Gasteiger partial charge in [0.2, 0.25) is 5.82 Å². The molecule has 0 fully saturated rings. The van der Waals surface area contributed by atoms with E-state index in [1.165, 1.54) is 0 Å². The van der Waals surface area contributed by atoms with Crippen LogP contribution in [-0.2, 0) is 6.54 Å². The lowest BCUT2D eigenvalue weighted by molar-refractivity contribution is 0.355. The molecule has 0 bridgehead atoms. The molecule has 0 aliphatic rings. The molecule has 152 valence electrons. The van der Waals surface area contributed by atoms with Gasteiger partial charge in [0.15, 0.2) is 11.5 Å². The monoisotopic (exact) mass is 403 g/mol. The van der Waals surface area contributed by atoms with Gasteiger partial charge in [-0.05, 0) is 35.9 Å². The van der Waals surface area contributed by atoms with Crippen molar-refractivity contribution in [1.82, 2.24) is 20.1 Å². The van der Waals surface area contributed by atoms with E-state index in [1.54, 1.807) is 26.6 Å². The van der Waals surface area contributed by atoms with Crippen molar-refractivity contribution in [1.29, 1.82) is 0 Å². The van der Waals surface area contributed by atoms with Crippen LogP contribution in [0.15, 0.2) is 65.6 Å². The third-order valence-corrected chi connectivity index (χ3v) is 4.60. The number of para-hydroxylation sites is 1. The summed E-state index contributed by atoms with van der Waals surface area (Å²) in [5.74, 6) is 2.78. The maximum Gasteiger partial charge on any atom is 0.259 e. The highest BCUT2D eigenvalue weighted by atomic mass is 16.5. The molecule has 0 N–H and O–H groups in total. The standard InChI is InChI=1S/C22H21N5O3/c1-27(14-15-6-5-11-23-12-15)19-10-9-16(13-24-19)22-25-21(26-30-22)17-7-4-8-18(28-2)20(17)29-3/h4-13H,14H2,1-3H3. The molecule has 0 saturated carbocycles. The van der Waals surface area contributed by atoms with Gasteiger partial charge < -0.3 is 18.9 Å². The third kappa shape index (κ3) is 3.93. The molecule has 0 radical (unpaired) electrons. The van der Waals surface area contributed by atoms with Crippen molar-refractivity contribution in [2.75, 3.05) is 26.2 Å². The van der Waals surface area contributed by atoms with Gasteiger partial charge in [0.1, 0.15) is 5.82 Å². The summed E-state index contributed by atoms with van der Waals surface area (Å²) in [5, 5.41) is 4.09. The second kappa shape index (κ2) is 8.60. The summed E-state index contributed by atoms with van der Waals surface area (Å²) in [5.41, 5.74) is 2.53. The largest absolute Gasteiger partial charge is 0.493 e. The van der Waals surface area contributed by atoms with Crippen LogP contribution in [0.25, 0.3) is 22.8 Å². The van der Waals surface area contributed by atoms with E-state index in [0.29, 0.717) is 35.3 Å². The predicted octanol–water partition coefficient (Wildman–Crippen LogP) is 3.85. The van der Waals surface area contributed by atoms with E-state index < -0.39 is 0 Å². The van der Waals surface area contributed by atoms with Gasteiger partial charge in [-0.25, -0.2) is 4.98 Å². The zero-order valence-electron chi connectivity index (χ0n) is 16.9. The molecule has 3 heterocycles. The van der Waals surface area contributed by atoms with Gasteiger partial charge in [-0.15, -0.1) is 0 Å². The zero-order chi connectivity index (χ0) is 20.9. The molecular formula is C22H21N5O3. The van der Waals surface area contributed by atoms with E-state index >= 15 is 0 Å². The Hall–Kier alpha value is -3.94. The van der Waals surface area contributed by atoms with Crippen molar-refractivity contribution < 1.29 is 14.0 Å². The van der Waals surface area contributed by atoms with Gasteiger partial charge in [-0.1, -0.05) is 17.3 Å². The second-order valence-electron chi connectivity index (χ2n) is 6.59. The summed E-state index contributed by atoms with van der Waals surface area (Å²) in [7, 11) is 5.14. The predicted molar refractivity (Wildman–Crippen MR) is 112 cm³/mol. The Balaban J connectivity index is 1.54. The highest BCUT2D eigenvalue weighted by Crippen LogP contribution is 2.37. The molecule has 30 heavy (non-hydrogen) atoms. The summed E-state index contributed by atoms with van der Waals surface area (Å²) in [6, 6.07) is 13.3. The molecule has 4 aromatic rings. The minimum Gasteiger partial charge on any atom is -0.493 e. The van der Waals surface area contributed by atoms with Crippen molar-refractivity contribution in [2.24, 2.45) is 0 Å². The Morgan fingerprint density at radius 1 is 1.00 bits per heavy atom. The molecule has 1 aromatic carbocycles. The number of anilines is 1. The second-order valence-corrected chi connectivity index (χ2v) is 6.59. The molecule has 0 unspecified atom stereocenters. The summed E-state index contributed by atoms with van der Waals surface area (Å²) in [4.78, 5) is 15.2. The number of benzene rings is 1. The van der Waals surface area contributed by atoms with Gasteiger partial charge in [0, 0.05) is 32.2 Å². The minimum absolute atomic E-state index is 0.379. The Morgan fingerprint density at radius 3 is 2.60 bits per heavy atom. The Morgan fingerprint density at radius 2 is 1.90 bits per heavy atom. The third-order valence-electron chi connectivity index (χ3n) is 4.60. The number of hydrogen-bond acceptors (Lipinski definition) is 8. The smallest absolute Gasteiger partial charge is 0.259 e. The number of hydrogen-bond donors (Lipinski definition) is 0. The van der Waals surface area contributed by atoms with Crippen LogP contribution in [0.1, 0.15) is 5.56 Å². The fourth-order valence-corrected chi connectivity index (χ4v) is 3.10. The molecule has 0 aliphatic carbocycles. The maximum atomic E-state index is 5.46. The van der Waals surface area contributed by atoms with Crippen molar-refractivity contribution >= 4 is 5.82 Å². The number of aromatic nitrogens is 4. The van der Waals surface area contributed by atoms with Gasteiger partial charge >= 0.3 is 0 Å². The molecule has 4 rings (SSSR count). The van der Waals surface area contributed by atoms with Crippen LogP contribution in [0.2, 0.25) is 0 Å². The minimum atomic E-state index is 0.379. The highest BCUT2D eigenvalue weighted by molar-refractivity contribution is 5.69. The molecule has 0 atom stereocenters. The molecular weight excluding hydrogens is 382 g/mol. The molecule has 0 saturated heterocycles. The lowest BCUT2D eigenvalue weighted by Crippen LogP contribution is -2.17. The van der Waals surface area contributed by atoms with Crippen LogP contribution in [0.4, 0.5) is 5.82 Å². The SMILES string of the molecule is COc1cccc(-c2noc(-c3ccc(N(C)Cc4cccnc4)nc3)n2)c1OC. The first-order valence-corrected chi connectivity index (χ1v) is 9.31. The number of nitrogens with zero attached hydrogens (tertiary/aromatic N) is 5. The van der Waals surface area contributed by atoms with E-state index in [-0.39, 0.29) is 0 Å². The average Bonchev–Trinajstić information content (AvgIpc) is 3.29. The van der Waals surface area contributed by atoms with Gasteiger partial charge in [-0.3, -0.25) is 4.98 Å². The quantitative estimate of drug-likeness (QED) is 0.460. The normalized spacial score (nSPS) is 10.6. The Labute approximate surface area is 174 Å². The van der Waals surface area contributed by atoms with Crippen molar-refractivity contribution in [3.8, 4) is 34.3 Å². The molecule has 0 aliphatic heterocycles. The van der Waals surface area contributed by atoms with Crippen molar-refractivity contribution in [3.63, 3.8) is 0 Å². The van der Waals surface area contributed by atoms with E-state index in [4.69, 9.17) is 14.0 Å². The summed E-state index contributed by atoms with van der Waals surface area (Å²) in [6.07, 6.45) is 5.32. The van der Waals surface area contributed by atoms with Crippen LogP contribution in [0.3, 0.4) is 0 Å². The van der Waals surface area contributed by atoms with Crippen molar-refractivity contribution in [2.45, 2.75) is 6.54 Å². The van der Waals surface area contributed by atoms with Crippen LogP contribution < -0.4 is 14.4 Å². The maximum absolute atomic E-state index is 5.46. The molecule has 8 nitrogen and oxygen atoms in total. The van der Waals surface area contributed by atoms with E-state index in [9.17, 15) is 0 Å². The zero-order valence-corrected chi connectivity index (χ0v) is 16.9. The number of pyridine rings is 2. The first kappa shape index (κ1) is 19.4. The first-order chi connectivity index (χ1) is 14.7. The van der Waals surface area contributed by atoms with Crippen LogP contribution in [0, 0.1) is 0 Å². The summed E-state index contributed by atoms with van der Waals surface area (Å²) >= 11 is 0. The fourth-order valence-electron chi connectivity index (χ4n) is 3.10. The van der Waals surface area contributed by atoms with E-state index in [2.05, 4.69) is 20.1 Å². The highest BCUT2D eigenvalue weighted by Gasteiger charge is 2.18. The number of ether oxygens (including phenoxy) is 2. The fraction of sp³-hybridized carbons (Fsp3) is 0.182. The Bertz CT molecular complexity index is 1110. The first-order valence-electron chi connectivity index (χ1n) is 9.31. The molecule has 0 spiro atoms. The van der Waals surface area contributed by atoms with Crippen LogP contribution >= 0.6 is 0 Å². The lowest BCUT2D eigenvalue weighted by Gasteiger charge is -2.17. The number of methoxy groups -OCH3 is 2.